The predicted octanol–water partition coefficient (Wildman–Crippen LogP) is 15.5. The van der Waals surface area contributed by atoms with E-state index in [4.69, 9.17) is 0 Å². The molecule has 0 radical (unpaired) electrons. The standard InChI is InChI=1S/C52H34F6N2/c1-31-12-3-5-16-37(31)34-22-24-41-39-18-7-9-20-45(39)59(47(41)27-34)49-30-44(52(56,57)58)50(29-43(49)33-14-11-15-36(26-33)51(53,54)55)60-46-21-10-8-19-40(46)42-25-23-35(28-48(42)60)38-17-6-4-13-32(38)2/h3-30H,1-2H3. The molecular weight excluding hydrogens is 767 g/mol. The highest BCUT2D eigenvalue weighted by molar-refractivity contribution is 6.12. The zero-order valence-electron chi connectivity index (χ0n) is 32.3. The summed E-state index contributed by atoms with van der Waals surface area (Å²) in [4.78, 5) is 0. The first-order valence-corrected chi connectivity index (χ1v) is 19.5. The fraction of sp³-hybridized carbons (Fsp3) is 0.0769. The summed E-state index contributed by atoms with van der Waals surface area (Å²) in [6.45, 7) is 3.98. The van der Waals surface area contributed by atoms with Crippen LogP contribution in [0.25, 0.3) is 88.4 Å². The lowest BCUT2D eigenvalue weighted by Crippen LogP contribution is -2.13. The molecule has 60 heavy (non-hydrogen) atoms. The molecule has 8 aromatic carbocycles. The molecule has 0 N–H and O–H groups in total. The molecule has 0 unspecified atom stereocenters. The van der Waals surface area contributed by atoms with Crippen molar-refractivity contribution in [3.63, 3.8) is 0 Å². The number of halogens is 6. The first-order valence-electron chi connectivity index (χ1n) is 19.5. The molecule has 10 rings (SSSR count). The van der Waals surface area contributed by atoms with Crippen LogP contribution in [-0.4, -0.2) is 9.13 Å². The van der Waals surface area contributed by atoms with Gasteiger partial charge in [-0.05, 0) is 101 Å². The number of fused-ring (bicyclic) bond motifs is 6. The van der Waals surface area contributed by atoms with Crippen molar-refractivity contribution in [2.75, 3.05) is 0 Å². The molecule has 0 fully saturated rings. The summed E-state index contributed by atoms with van der Waals surface area (Å²) in [5, 5.41) is 3.07. The first-order chi connectivity index (χ1) is 28.9. The van der Waals surface area contributed by atoms with E-state index in [1.54, 1.807) is 21.3 Å². The maximum atomic E-state index is 16.0. The van der Waals surface area contributed by atoms with Gasteiger partial charge >= 0.3 is 12.4 Å². The Balaban J connectivity index is 1.35. The van der Waals surface area contributed by atoms with Crippen LogP contribution >= 0.6 is 0 Å². The Morgan fingerprint density at radius 1 is 0.350 bits per heavy atom. The number of aryl methyl sites for hydroxylation is 2. The van der Waals surface area contributed by atoms with Gasteiger partial charge in [-0.2, -0.15) is 26.3 Å². The van der Waals surface area contributed by atoms with E-state index in [9.17, 15) is 13.2 Å². The normalized spacial score (nSPS) is 12.3. The first kappa shape index (κ1) is 37.2. The van der Waals surface area contributed by atoms with Crippen molar-refractivity contribution in [1.82, 2.24) is 9.13 Å². The minimum absolute atomic E-state index is 0.0971. The summed E-state index contributed by atoms with van der Waals surface area (Å²) in [6.07, 6.45) is -9.58. The van der Waals surface area contributed by atoms with Gasteiger partial charge in [0, 0.05) is 27.1 Å². The van der Waals surface area contributed by atoms with Crippen LogP contribution in [0.3, 0.4) is 0 Å². The second kappa shape index (κ2) is 13.8. The van der Waals surface area contributed by atoms with Crippen LogP contribution in [0.5, 0.6) is 0 Å². The predicted molar refractivity (Wildman–Crippen MR) is 231 cm³/mol. The second-order valence-electron chi connectivity index (χ2n) is 15.3. The maximum absolute atomic E-state index is 16.0. The number of benzene rings is 8. The molecule has 0 aliphatic carbocycles. The zero-order valence-corrected chi connectivity index (χ0v) is 32.3. The lowest BCUT2D eigenvalue weighted by molar-refractivity contribution is -0.138. The van der Waals surface area contributed by atoms with Crippen LogP contribution in [0.1, 0.15) is 22.3 Å². The largest absolute Gasteiger partial charge is 0.418 e. The summed E-state index contributed by atoms with van der Waals surface area (Å²) < 4.78 is 94.7. The Morgan fingerprint density at radius 2 is 0.817 bits per heavy atom. The van der Waals surface area contributed by atoms with Gasteiger partial charge in [0.25, 0.3) is 0 Å². The van der Waals surface area contributed by atoms with Crippen LogP contribution in [0.2, 0.25) is 0 Å². The van der Waals surface area contributed by atoms with E-state index in [1.165, 1.54) is 18.2 Å². The monoisotopic (exact) mass is 800 g/mol. The smallest absolute Gasteiger partial charge is 0.309 e. The van der Waals surface area contributed by atoms with Crippen molar-refractivity contribution in [2.45, 2.75) is 26.2 Å². The molecule has 8 heteroatoms. The zero-order chi connectivity index (χ0) is 41.5. The highest BCUT2D eigenvalue weighted by atomic mass is 19.4. The van der Waals surface area contributed by atoms with Crippen molar-refractivity contribution in [1.29, 1.82) is 0 Å². The van der Waals surface area contributed by atoms with Crippen LogP contribution in [0.4, 0.5) is 26.3 Å². The highest BCUT2D eigenvalue weighted by Crippen LogP contribution is 2.46. The van der Waals surface area contributed by atoms with Gasteiger partial charge in [-0.25, -0.2) is 0 Å². The van der Waals surface area contributed by atoms with Gasteiger partial charge in [0.15, 0.2) is 0 Å². The van der Waals surface area contributed by atoms with Gasteiger partial charge in [0.2, 0.25) is 0 Å². The van der Waals surface area contributed by atoms with E-state index in [0.717, 1.165) is 73.1 Å². The lowest BCUT2D eigenvalue weighted by Gasteiger charge is -2.22. The molecule has 0 spiro atoms. The average Bonchev–Trinajstić information content (AvgIpc) is 3.75. The highest BCUT2D eigenvalue weighted by Gasteiger charge is 2.37. The van der Waals surface area contributed by atoms with Gasteiger partial charge in [-0.15, -0.1) is 0 Å². The third-order valence-corrected chi connectivity index (χ3v) is 11.7. The van der Waals surface area contributed by atoms with E-state index in [-0.39, 0.29) is 22.5 Å². The maximum Gasteiger partial charge on any atom is 0.418 e. The molecule has 294 valence electrons. The molecule has 2 aromatic heterocycles. The fourth-order valence-electron chi connectivity index (χ4n) is 8.86. The fourth-order valence-corrected chi connectivity index (χ4v) is 8.86. The van der Waals surface area contributed by atoms with E-state index in [0.29, 0.717) is 22.1 Å². The Labute approximate surface area is 341 Å². The Kier molecular flexibility index (Phi) is 8.54. The van der Waals surface area contributed by atoms with Gasteiger partial charge in [-0.3, -0.25) is 0 Å². The summed E-state index contributed by atoms with van der Waals surface area (Å²) in [7, 11) is 0. The minimum atomic E-state index is -4.88. The number of nitrogens with zero attached hydrogens (tertiary/aromatic N) is 2. The lowest BCUT2D eigenvalue weighted by atomic mass is 9.96. The van der Waals surface area contributed by atoms with Crippen LogP contribution in [0.15, 0.2) is 170 Å². The van der Waals surface area contributed by atoms with Crippen molar-refractivity contribution in [2.24, 2.45) is 0 Å². The van der Waals surface area contributed by atoms with E-state index < -0.39 is 23.5 Å². The van der Waals surface area contributed by atoms with E-state index in [1.807, 2.05) is 135 Å². The van der Waals surface area contributed by atoms with Crippen molar-refractivity contribution in [3.8, 4) is 44.8 Å². The minimum Gasteiger partial charge on any atom is -0.309 e. The van der Waals surface area contributed by atoms with Gasteiger partial charge in [0.1, 0.15) is 0 Å². The van der Waals surface area contributed by atoms with Gasteiger partial charge < -0.3 is 9.13 Å². The number of alkyl halides is 6. The van der Waals surface area contributed by atoms with Gasteiger partial charge in [-0.1, -0.05) is 121 Å². The third-order valence-electron chi connectivity index (χ3n) is 11.7. The molecule has 2 nitrogen and oxygen atoms in total. The summed E-state index contributed by atoms with van der Waals surface area (Å²) >= 11 is 0. The number of rotatable bonds is 5. The quantitative estimate of drug-likeness (QED) is 0.153. The van der Waals surface area contributed by atoms with Crippen LogP contribution in [0, 0.1) is 13.8 Å². The molecule has 0 saturated carbocycles. The molecular formula is C52H34F6N2. The molecule has 2 heterocycles. The average molecular weight is 801 g/mol. The van der Waals surface area contributed by atoms with Gasteiger partial charge in [0.05, 0.1) is 44.6 Å². The van der Waals surface area contributed by atoms with Crippen molar-refractivity contribution < 1.29 is 26.3 Å². The number of para-hydroxylation sites is 2. The van der Waals surface area contributed by atoms with Crippen LogP contribution < -0.4 is 0 Å². The molecule has 0 saturated heterocycles. The van der Waals surface area contributed by atoms with Crippen LogP contribution in [-0.2, 0) is 12.4 Å². The topological polar surface area (TPSA) is 9.86 Å². The summed E-state index contributed by atoms with van der Waals surface area (Å²) in [5.74, 6) is 0. The van der Waals surface area contributed by atoms with E-state index in [2.05, 4.69) is 0 Å². The molecule has 0 amide bonds. The molecule has 0 bridgehead atoms. The van der Waals surface area contributed by atoms with E-state index >= 15 is 13.2 Å². The molecule has 0 aliphatic rings. The number of hydrogen-bond donors (Lipinski definition) is 0. The Morgan fingerprint density at radius 3 is 1.33 bits per heavy atom. The SMILES string of the molecule is Cc1ccccc1-c1ccc2c3ccccc3n(-c3cc(C(F)(F)F)c(-n4c5ccccc5c5ccc(-c6ccccc6C)cc54)cc3-c3cccc(C(F)(F)F)c3)c2c1. The Hall–Kier alpha value is -7.06. The molecule has 0 aliphatic heterocycles. The van der Waals surface area contributed by atoms with Crippen molar-refractivity contribution in [3.05, 3.63) is 192 Å². The Bertz CT molecular complexity index is 3330. The third kappa shape index (κ3) is 6.05. The summed E-state index contributed by atoms with van der Waals surface area (Å²) in [5.41, 5.74) is 6.26. The number of aromatic nitrogens is 2. The molecule has 0 atom stereocenters. The van der Waals surface area contributed by atoms with Crippen molar-refractivity contribution >= 4 is 43.6 Å². The second-order valence-corrected chi connectivity index (χ2v) is 15.3. The number of hydrogen-bond acceptors (Lipinski definition) is 0. The summed E-state index contributed by atoms with van der Waals surface area (Å²) in [6, 6.07) is 49.4. The molecule has 10 aromatic rings.